The zero-order valence-corrected chi connectivity index (χ0v) is 17.1. The first-order valence-electron chi connectivity index (χ1n) is 8.92. The molecule has 3 aromatic carbocycles. The molecular weight excluding hydrogens is 430 g/mol. The molecule has 1 atom stereocenters. The van der Waals surface area contributed by atoms with Gasteiger partial charge in [0.05, 0.1) is 16.3 Å². The van der Waals surface area contributed by atoms with Gasteiger partial charge in [-0.25, -0.2) is 17.2 Å². The van der Waals surface area contributed by atoms with Gasteiger partial charge in [-0.1, -0.05) is 24.3 Å². The van der Waals surface area contributed by atoms with Crippen molar-refractivity contribution in [1.29, 1.82) is 0 Å². The number of rotatable bonds is 5. The molecule has 1 amide bonds. The summed E-state index contributed by atoms with van der Waals surface area (Å²) >= 11 is 1.33. The van der Waals surface area contributed by atoms with Crippen LogP contribution in [0.15, 0.2) is 77.7 Å². The van der Waals surface area contributed by atoms with Crippen LogP contribution in [0.1, 0.15) is 10.9 Å². The molecule has 0 saturated carbocycles. The molecule has 1 aliphatic heterocycles. The first-order chi connectivity index (χ1) is 14.3. The van der Waals surface area contributed by atoms with Gasteiger partial charge in [-0.2, -0.15) is 0 Å². The number of halogens is 2. The van der Waals surface area contributed by atoms with Crippen LogP contribution in [0.4, 0.5) is 20.2 Å². The summed E-state index contributed by atoms with van der Waals surface area (Å²) in [7, 11) is -3.92. The summed E-state index contributed by atoms with van der Waals surface area (Å²) in [5.74, 6) is -1.09. The molecule has 0 spiro atoms. The number of amides is 1. The third kappa shape index (κ3) is 4.03. The highest BCUT2D eigenvalue weighted by atomic mass is 32.2. The second-order valence-corrected chi connectivity index (χ2v) is 9.31. The second kappa shape index (κ2) is 8.08. The van der Waals surface area contributed by atoms with Crippen LogP contribution in [-0.2, 0) is 14.8 Å². The van der Waals surface area contributed by atoms with Gasteiger partial charge in [0.25, 0.3) is 10.0 Å². The van der Waals surface area contributed by atoms with Crippen LogP contribution in [0.3, 0.4) is 0 Å². The predicted octanol–water partition coefficient (Wildman–Crippen LogP) is 4.54. The topological polar surface area (TPSA) is 66.5 Å². The summed E-state index contributed by atoms with van der Waals surface area (Å²) < 4.78 is 55.0. The Kier molecular flexibility index (Phi) is 5.48. The van der Waals surface area contributed by atoms with Gasteiger partial charge < -0.3 is 0 Å². The number of anilines is 2. The van der Waals surface area contributed by atoms with E-state index in [-0.39, 0.29) is 27.9 Å². The van der Waals surface area contributed by atoms with E-state index in [1.165, 1.54) is 40.9 Å². The van der Waals surface area contributed by atoms with Gasteiger partial charge in [0.15, 0.2) is 0 Å². The van der Waals surface area contributed by atoms with E-state index in [9.17, 15) is 22.0 Å². The predicted molar refractivity (Wildman–Crippen MR) is 113 cm³/mol. The van der Waals surface area contributed by atoms with Crippen molar-refractivity contribution in [3.05, 3.63) is 90.0 Å². The largest absolute Gasteiger partial charge is 0.292 e. The first kappa shape index (κ1) is 20.4. The molecule has 0 aliphatic carbocycles. The van der Waals surface area contributed by atoms with E-state index >= 15 is 0 Å². The summed E-state index contributed by atoms with van der Waals surface area (Å²) in [6, 6.07) is 17.1. The number of nitrogens with one attached hydrogen (secondary N) is 1. The van der Waals surface area contributed by atoms with Crippen LogP contribution >= 0.6 is 11.8 Å². The van der Waals surface area contributed by atoms with E-state index in [4.69, 9.17) is 0 Å². The molecule has 0 radical (unpaired) electrons. The molecule has 3 aromatic rings. The molecule has 1 saturated heterocycles. The molecule has 1 unspecified atom stereocenters. The average molecular weight is 447 g/mol. The number of carbonyl (C=O) groups is 1. The van der Waals surface area contributed by atoms with Crippen LogP contribution < -0.4 is 9.62 Å². The lowest BCUT2D eigenvalue weighted by molar-refractivity contribution is -0.115. The molecular formula is C21H16F2N2O3S2. The van der Waals surface area contributed by atoms with Crippen molar-refractivity contribution in [3.63, 3.8) is 0 Å². The number of hydrogen-bond donors (Lipinski definition) is 1. The van der Waals surface area contributed by atoms with Crippen molar-refractivity contribution in [3.8, 4) is 0 Å². The second-order valence-electron chi connectivity index (χ2n) is 6.56. The summed E-state index contributed by atoms with van der Waals surface area (Å²) in [4.78, 5) is 13.7. The normalized spacial score (nSPS) is 16.7. The Hall–Kier alpha value is -2.91. The van der Waals surface area contributed by atoms with E-state index in [2.05, 4.69) is 4.72 Å². The van der Waals surface area contributed by atoms with Crippen molar-refractivity contribution in [2.75, 3.05) is 15.4 Å². The minimum atomic E-state index is -3.92. The lowest BCUT2D eigenvalue weighted by atomic mass is 10.1. The Morgan fingerprint density at radius 3 is 2.43 bits per heavy atom. The molecule has 1 N–H and O–H groups in total. The van der Waals surface area contributed by atoms with Gasteiger partial charge in [0.1, 0.15) is 17.0 Å². The van der Waals surface area contributed by atoms with Crippen LogP contribution in [0.5, 0.6) is 0 Å². The van der Waals surface area contributed by atoms with Crippen LogP contribution in [-0.4, -0.2) is 20.1 Å². The fourth-order valence-corrected chi connectivity index (χ4v) is 5.37. The van der Waals surface area contributed by atoms with Crippen molar-refractivity contribution in [1.82, 2.24) is 0 Å². The zero-order valence-electron chi connectivity index (χ0n) is 15.5. The van der Waals surface area contributed by atoms with E-state index in [1.54, 1.807) is 36.4 Å². The SMILES string of the molecule is O=C1CSC(c2cccc(NS(=O)(=O)c3ccc(F)cc3)c2)N1c1ccccc1F. The highest BCUT2D eigenvalue weighted by Crippen LogP contribution is 2.43. The van der Waals surface area contributed by atoms with Gasteiger partial charge in [0, 0.05) is 5.69 Å². The Bertz CT molecular complexity index is 1200. The molecule has 1 heterocycles. The highest BCUT2D eigenvalue weighted by molar-refractivity contribution is 8.00. The number of nitrogens with zero attached hydrogens (tertiary/aromatic N) is 1. The Balaban J connectivity index is 1.64. The van der Waals surface area contributed by atoms with Crippen molar-refractivity contribution in [2.45, 2.75) is 10.3 Å². The lowest BCUT2D eigenvalue weighted by Crippen LogP contribution is -2.28. The molecule has 154 valence electrons. The van der Waals surface area contributed by atoms with E-state index in [1.807, 2.05) is 0 Å². The zero-order chi connectivity index (χ0) is 21.3. The van der Waals surface area contributed by atoms with Gasteiger partial charge in [-0.05, 0) is 54.1 Å². The van der Waals surface area contributed by atoms with Gasteiger partial charge in [0.2, 0.25) is 5.91 Å². The molecule has 1 aliphatic rings. The number of sulfonamides is 1. The minimum absolute atomic E-state index is 0.0762. The Morgan fingerprint density at radius 1 is 0.967 bits per heavy atom. The van der Waals surface area contributed by atoms with Crippen LogP contribution in [0.25, 0.3) is 0 Å². The molecule has 30 heavy (non-hydrogen) atoms. The van der Waals surface area contributed by atoms with E-state index in [0.29, 0.717) is 5.56 Å². The number of thioether (sulfide) groups is 1. The third-order valence-corrected chi connectivity index (χ3v) is 7.14. The maximum Gasteiger partial charge on any atom is 0.261 e. The van der Waals surface area contributed by atoms with E-state index < -0.39 is 27.0 Å². The summed E-state index contributed by atoms with van der Waals surface area (Å²) in [5, 5.41) is -0.496. The smallest absolute Gasteiger partial charge is 0.261 e. The van der Waals surface area contributed by atoms with Gasteiger partial charge in [-0.15, -0.1) is 11.8 Å². The van der Waals surface area contributed by atoms with Crippen molar-refractivity contribution >= 4 is 39.1 Å². The standard InChI is InChI=1S/C21H16F2N2O3S2/c22-15-8-10-17(11-9-15)30(27,28)24-16-5-3-4-14(12-16)21-25(20(26)13-29-21)19-7-2-1-6-18(19)23/h1-12,21,24H,13H2. The van der Waals surface area contributed by atoms with Crippen molar-refractivity contribution in [2.24, 2.45) is 0 Å². The Morgan fingerprint density at radius 2 is 1.70 bits per heavy atom. The molecule has 0 aromatic heterocycles. The van der Waals surface area contributed by atoms with Crippen molar-refractivity contribution < 1.29 is 22.0 Å². The Labute approximate surface area is 176 Å². The summed E-state index contributed by atoms with van der Waals surface area (Å²) in [5.41, 5.74) is 1.11. The monoisotopic (exact) mass is 446 g/mol. The summed E-state index contributed by atoms with van der Waals surface area (Å²) in [6.45, 7) is 0. The number of hydrogen-bond acceptors (Lipinski definition) is 4. The van der Waals surface area contributed by atoms with Crippen LogP contribution in [0, 0.1) is 11.6 Å². The maximum atomic E-state index is 14.3. The quantitative estimate of drug-likeness (QED) is 0.625. The molecule has 5 nitrogen and oxygen atoms in total. The summed E-state index contributed by atoms with van der Waals surface area (Å²) in [6.07, 6.45) is 0. The fraction of sp³-hybridized carbons (Fsp3) is 0.0952. The van der Waals surface area contributed by atoms with E-state index in [0.717, 1.165) is 12.1 Å². The van der Waals surface area contributed by atoms with Gasteiger partial charge >= 0.3 is 0 Å². The highest BCUT2D eigenvalue weighted by Gasteiger charge is 2.35. The maximum absolute atomic E-state index is 14.3. The third-order valence-electron chi connectivity index (χ3n) is 4.53. The average Bonchev–Trinajstić information content (AvgIpc) is 3.10. The van der Waals surface area contributed by atoms with Gasteiger partial charge in [-0.3, -0.25) is 14.4 Å². The molecule has 0 bridgehead atoms. The van der Waals surface area contributed by atoms with Crippen LogP contribution in [0.2, 0.25) is 0 Å². The number of benzene rings is 3. The minimum Gasteiger partial charge on any atom is -0.292 e. The number of carbonyl (C=O) groups excluding carboxylic acids is 1. The number of para-hydroxylation sites is 1. The molecule has 4 rings (SSSR count). The lowest BCUT2D eigenvalue weighted by Gasteiger charge is -2.25. The molecule has 9 heteroatoms. The first-order valence-corrected chi connectivity index (χ1v) is 11.4. The fourth-order valence-electron chi connectivity index (χ4n) is 3.16. The molecule has 1 fully saturated rings.